The second-order valence-corrected chi connectivity index (χ2v) is 4.11. The minimum absolute atomic E-state index is 0.284. The summed E-state index contributed by atoms with van der Waals surface area (Å²) in [7, 11) is 0. The third kappa shape index (κ3) is 2.69. The molecule has 3 atom stereocenters. The highest BCUT2D eigenvalue weighted by atomic mass is 16.6. The van der Waals surface area contributed by atoms with E-state index in [-0.39, 0.29) is 6.61 Å². The molecule has 100 valence electrons. The summed E-state index contributed by atoms with van der Waals surface area (Å²) in [4.78, 5) is 24.7. The number of hydrogen-bond donors (Lipinski definition) is 2. The van der Waals surface area contributed by atoms with E-state index in [1.54, 1.807) is 0 Å². The fraction of sp³-hybridized carbons (Fsp3) is 0.636. The maximum atomic E-state index is 11.6. The van der Waals surface area contributed by atoms with Crippen molar-refractivity contribution in [3.05, 3.63) is 33.1 Å². The van der Waals surface area contributed by atoms with Crippen LogP contribution in [0.3, 0.4) is 0 Å². The summed E-state index contributed by atoms with van der Waals surface area (Å²) in [6.45, 7) is 2.67. The Morgan fingerprint density at radius 2 is 2.39 bits per heavy atom. The topological polar surface area (TPSA) is 93.5 Å². The van der Waals surface area contributed by atoms with Gasteiger partial charge in [-0.1, -0.05) is 0 Å². The Morgan fingerprint density at radius 1 is 1.61 bits per heavy atom. The van der Waals surface area contributed by atoms with E-state index in [1.807, 2.05) is 6.92 Å². The first-order chi connectivity index (χ1) is 8.61. The lowest BCUT2D eigenvalue weighted by molar-refractivity contribution is -0.0616. The highest BCUT2D eigenvalue weighted by molar-refractivity contribution is 4.88. The van der Waals surface area contributed by atoms with Crippen molar-refractivity contribution in [2.45, 2.75) is 31.8 Å². The van der Waals surface area contributed by atoms with Gasteiger partial charge in [0.25, 0.3) is 5.56 Å². The van der Waals surface area contributed by atoms with Crippen LogP contribution in [0.1, 0.15) is 19.6 Å². The number of aliphatic hydroxyl groups is 1. The Hall–Kier alpha value is -1.44. The van der Waals surface area contributed by atoms with Crippen molar-refractivity contribution in [2.75, 3.05) is 13.2 Å². The van der Waals surface area contributed by atoms with Crippen molar-refractivity contribution in [1.82, 2.24) is 9.55 Å². The Bertz CT molecular complexity index is 509. The summed E-state index contributed by atoms with van der Waals surface area (Å²) < 4.78 is 12.0. The minimum atomic E-state index is -0.680. The lowest BCUT2D eigenvalue weighted by Gasteiger charge is -2.15. The maximum absolute atomic E-state index is 11.6. The number of aromatic nitrogens is 2. The van der Waals surface area contributed by atoms with Gasteiger partial charge in [-0.05, 0) is 6.92 Å². The molecule has 0 aliphatic carbocycles. The number of aromatic amines is 1. The molecule has 7 nitrogen and oxygen atoms in total. The van der Waals surface area contributed by atoms with E-state index in [0.29, 0.717) is 13.0 Å². The van der Waals surface area contributed by atoms with Crippen LogP contribution in [0.25, 0.3) is 0 Å². The van der Waals surface area contributed by atoms with Crippen LogP contribution in [-0.4, -0.2) is 40.1 Å². The molecule has 1 saturated heterocycles. The third-order valence-corrected chi connectivity index (χ3v) is 2.85. The molecular formula is C11H16N2O5. The van der Waals surface area contributed by atoms with E-state index < -0.39 is 29.7 Å². The summed E-state index contributed by atoms with van der Waals surface area (Å²) in [5.41, 5.74) is -1.00. The molecule has 1 aliphatic heterocycles. The van der Waals surface area contributed by atoms with Crippen molar-refractivity contribution in [2.24, 2.45) is 0 Å². The summed E-state index contributed by atoms with van der Waals surface area (Å²) in [6, 6.07) is 1.24. The molecule has 1 aromatic rings. The quantitative estimate of drug-likeness (QED) is 0.737. The van der Waals surface area contributed by atoms with E-state index in [2.05, 4.69) is 4.98 Å². The van der Waals surface area contributed by atoms with Crippen molar-refractivity contribution < 1.29 is 14.6 Å². The van der Waals surface area contributed by atoms with Crippen LogP contribution in [0.2, 0.25) is 0 Å². The molecule has 0 spiro atoms. The standard InChI is InChI=1S/C11H16N2O5/c1-2-17-6-8-7(14)5-10(18-8)13-4-3-9(15)12-11(13)16/h3-4,7-8,10,14H,2,5-6H2,1H3,(H,12,15,16)/t7?,8-,10-/m0/s1. The normalized spacial score (nSPS) is 27.6. The number of nitrogens with zero attached hydrogens (tertiary/aromatic N) is 1. The van der Waals surface area contributed by atoms with Crippen LogP contribution in [0.15, 0.2) is 21.9 Å². The number of nitrogens with one attached hydrogen (secondary N) is 1. The molecule has 1 unspecified atom stereocenters. The lowest BCUT2D eigenvalue weighted by atomic mass is 10.2. The molecule has 1 aliphatic rings. The van der Waals surface area contributed by atoms with Gasteiger partial charge in [-0.2, -0.15) is 0 Å². The van der Waals surface area contributed by atoms with E-state index in [1.165, 1.54) is 16.8 Å². The van der Waals surface area contributed by atoms with Crippen molar-refractivity contribution in [3.63, 3.8) is 0 Å². The van der Waals surface area contributed by atoms with Gasteiger partial charge in [0.15, 0.2) is 0 Å². The predicted molar refractivity (Wildman–Crippen MR) is 62.3 cm³/mol. The summed E-state index contributed by atoms with van der Waals surface area (Å²) in [6.07, 6.45) is -0.0466. The van der Waals surface area contributed by atoms with Gasteiger partial charge in [0, 0.05) is 25.3 Å². The Kier molecular flexibility index (Phi) is 3.95. The zero-order chi connectivity index (χ0) is 13.1. The average molecular weight is 256 g/mol. The molecule has 1 fully saturated rings. The largest absolute Gasteiger partial charge is 0.390 e. The first kappa shape index (κ1) is 13.0. The van der Waals surface area contributed by atoms with E-state index in [9.17, 15) is 14.7 Å². The van der Waals surface area contributed by atoms with Crippen LogP contribution < -0.4 is 11.2 Å². The number of ether oxygens (including phenoxy) is 2. The second kappa shape index (κ2) is 5.47. The first-order valence-corrected chi connectivity index (χ1v) is 5.84. The van der Waals surface area contributed by atoms with E-state index in [0.717, 1.165) is 0 Å². The van der Waals surface area contributed by atoms with Crippen LogP contribution in [0.4, 0.5) is 0 Å². The Morgan fingerprint density at radius 3 is 3.06 bits per heavy atom. The van der Waals surface area contributed by atoms with Crippen LogP contribution in [0, 0.1) is 0 Å². The molecule has 0 aromatic carbocycles. The van der Waals surface area contributed by atoms with Crippen molar-refractivity contribution >= 4 is 0 Å². The summed E-state index contributed by atoms with van der Waals surface area (Å²) in [5.74, 6) is 0. The van der Waals surface area contributed by atoms with Gasteiger partial charge in [-0.25, -0.2) is 4.79 Å². The van der Waals surface area contributed by atoms with Gasteiger partial charge in [-0.15, -0.1) is 0 Å². The monoisotopic (exact) mass is 256 g/mol. The molecule has 0 amide bonds. The van der Waals surface area contributed by atoms with E-state index in [4.69, 9.17) is 9.47 Å². The third-order valence-electron chi connectivity index (χ3n) is 2.85. The second-order valence-electron chi connectivity index (χ2n) is 4.11. The zero-order valence-electron chi connectivity index (χ0n) is 10.0. The molecule has 1 aromatic heterocycles. The van der Waals surface area contributed by atoms with Gasteiger partial charge >= 0.3 is 5.69 Å². The van der Waals surface area contributed by atoms with Gasteiger partial charge < -0.3 is 14.6 Å². The Labute approximate surface area is 103 Å². The van der Waals surface area contributed by atoms with Crippen LogP contribution in [-0.2, 0) is 9.47 Å². The van der Waals surface area contributed by atoms with Crippen molar-refractivity contribution in [3.8, 4) is 0 Å². The van der Waals surface area contributed by atoms with Gasteiger partial charge in [0.1, 0.15) is 12.3 Å². The van der Waals surface area contributed by atoms with Gasteiger partial charge in [0.2, 0.25) is 0 Å². The molecule has 2 rings (SSSR count). The molecule has 0 saturated carbocycles. The fourth-order valence-corrected chi connectivity index (χ4v) is 1.92. The fourth-order valence-electron chi connectivity index (χ4n) is 1.92. The minimum Gasteiger partial charge on any atom is -0.390 e. The van der Waals surface area contributed by atoms with Gasteiger partial charge in [0.05, 0.1) is 12.7 Å². The summed E-state index contributed by atoms with van der Waals surface area (Å²) >= 11 is 0. The zero-order valence-corrected chi connectivity index (χ0v) is 10.0. The first-order valence-electron chi connectivity index (χ1n) is 5.84. The maximum Gasteiger partial charge on any atom is 0.330 e. The highest BCUT2D eigenvalue weighted by Gasteiger charge is 2.35. The lowest BCUT2D eigenvalue weighted by Crippen LogP contribution is -2.31. The molecular weight excluding hydrogens is 240 g/mol. The summed E-state index contributed by atoms with van der Waals surface area (Å²) in [5, 5.41) is 9.80. The molecule has 2 heterocycles. The van der Waals surface area contributed by atoms with Crippen LogP contribution in [0.5, 0.6) is 0 Å². The van der Waals surface area contributed by atoms with Crippen molar-refractivity contribution in [1.29, 1.82) is 0 Å². The number of aliphatic hydroxyl groups excluding tert-OH is 1. The number of H-pyrrole nitrogens is 1. The molecule has 2 N–H and O–H groups in total. The van der Waals surface area contributed by atoms with E-state index >= 15 is 0 Å². The number of hydrogen-bond acceptors (Lipinski definition) is 5. The molecule has 0 bridgehead atoms. The van der Waals surface area contributed by atoms with Crippen LogP contribution >= 0.6 is 0 Å². The Balaban J connectivity index is 2.11. The molecule has 0 radical (unpaired) electrons. The smallest absolute Gasteiger partial charge is 0.330 e. The highest BCUT2D eigenvalue weighted by Crippen LogP contribution is 2.27. The predicted octanol–water partition coefficient (Wildman–Crippen LogP) is -0.778. The molecule has 7 heteroatoms. The molecule has 18 heavy (non-hydrogen) atoms. The SMILES string of the molecule is CCOC[C@@H]1O[C@H](n2ccc(=O)[nH]c2=O)CC1O. The number of rotatable bonds is 4. The average Bonchev–Trinajstić information content (AvgIpc) is 2.68. The van der Waals surface area contributed by atoms with Gasteiger partial charge in [-0.3, -0.25) is 14.3 Å².